The molecule has 4 heterocycles. The van der Waals surface area contributed by atoms with Gasteiger partial charge in [-0.1, -0.05) is 0 Å². The second kappa shape index (κ2) is 14.6. The fourth-order valence-corrected chi connectivity index (χ4v) is 6.26. The van der Waals surface area contributed by atoms with Crippen LogP contribution in [0.15, 0.2) is 29.2 Å². The maximum Gasteiger partial charge on any atom is 0.262 e. The van der Waals surface area contributed by atoms with E-state index in [1.165, 1.54) is 7.11 Å². The maximum atomic E-state index is 13.3. The van der Waals surface area contributed by atoms with Crippen LogP contribution in [-0.2, 0) is 0 Å². The molecular weight excluding hydrogens is 558 g/mol. The van der Waals surface area contributed by atoms with Crippen molar-refractivity contribution in [1.82, 2.24) is 30.1 Å². The molecule has 0 amide bonds. The van der Waals surface area contributed by atoms with Gasteiger partial charge in [-0.25, -0.2) is 9.97 Å². The SMILES string of the molecule is COc1cc(OC)c2c(=O)[nH]c(-c3ncc(OCCNC4CCN(C(C)C)CC4)cc3NC3CCN(C(C)C)CC3)nc2c1. The van der Waals surface area contributed by atoms with Gasteiger partial charge in [-0.2, -0.15) is 0 Å². The molecule has 11 nitrogen and oxygen atoms in total. The quantitative estimate of drug-likeness (QED) is 0.260. The molecule has 2 aliphatic rings. The third kappa shape index (κ3) is 7.62. The van der Waals surface area contributed by atoms with E-state index in [-0.39, 0.29) is 11.6 Å². The van der Waals surface area contributed by atoms with Gasteiger partial charge in [0.05, 0.1) is 31.6 Å². The molecule has 240 valence electrons. The maximum absolute atomic E-state index is 13.3. The Labute approximate surface area is 260 Å². The summed E-state index contributed by atoms with van der Waals surface area (Å²) in [6, 6.07) is 7.33. The minimum Gasteiger partial charge on any atom is -0.497 e. The Morgan fingerprint density at radius 1 is 0.909 bits per heavy atom. The van der Waals surface area contributed by atoms with Crippen LogP contribution in [0, 0.1) is 0 Å². The van der Waals surface area contributed by atoms with Gasteiger partial charge in [0.25, 0.3) is 5.56 Å². The van der Waals surface area contributed by atoms with Gasteiger partial charge in [0.15, 0.2) is 5.82 Å². The van der Waals surface area contributed by atoms with Crippen molar-refractivity contribution in [1.29, 1.82) is 0 Å². The summed E-state index contributed by atoms with van der Waals surface area (Å²) in [5, 5.41) is 7.75. The number of aromatic nitrogens is 3. The van der Waals surface area contributed by atoms with Crippen LogP contribution in [0.25, 0.3) is 22.4 Å². The van der Waals surface area contributed by atoms with E-state index in [1.54, 1.807) is 25.4 Å². The first-order valence-electron chi connectivity index (χ1n) is 16.0. The molecule has 0 aliphatic carbocycles. The Morgan fingerprint density at radius 2 is 1.57 bits per heavy atom. The van der Waals surface area contributed by atoms with Crippen LogP contribution in [0.3, 0.4) is 0 Å². The summed E-state index contributed by atoms with van der Waals surface area (Å²) in [4.78, 5) is 30.8. The third-order valence-electron chi connectivity index (χ3n) is 8.97. The molecule has 2 aromatic heterocycles. The molecule has 3 aromatic rings. The predicted octanol–water partition coefficient (Wildman–Crippen LogP) is 4.13. The second-order valence-corrected chi connectivity index (χ2v) is 12.5. The van der Waals surface area contributed by atoms with Gasteiger partial charge < -0.3 is 39.6 Å². The fourth-order valence-electron chi connectivity index (χ4n) is 6.26. The van der Waals surface area contributed by atoms with Crippen LogP contribution >= 0.6 is 0 Å². The molecule has 0 radical (unpaired) electrons. The first-order chi connectivity index (χ1) is 21.2. The zero-order valence-corrected chi connectivity index (χ0v) is 27.1. The Balaban J connectivity index is 1.35. The average molecular weight is 608 g/mol. The van der Waals surface area contributed by atoms with E-state index in [2.05, 4.69) is 53.1 Å². The van der Waals surface area contributed by atoms with E-state index in [0.29, 0.717) is 64.4 Å². The van der Waals surface area contributed by atoms with Gasteiger partial charge in [0, 0.05) is 62.0 Å². The van der Waals surface area contributed by atoms with Crippen LogP contribution in [0.1, 0.15) is 53.4 Å². The molecule has 44 heavy (non-hydrogen) atoms. The highest BCUT2D eigenvalue weighted by atomic mass is 16.5. The Bertz CT molecular complexity index is 1440. The van der Waals surface area contributed by atoms with E-state index in [0.717, 1.165) is 64.1 Å². The molecule has 3 N–H and O–H groups in total. The van der Waals surface area contributed by atoms with Gasteiger partial charge in [0.2, 0.25) is 0 Å². The van der Waals surface area contributed by atoms with Crippen LogP contribution in [-0.4, -0.2) is 102 Å². The predicted molar refractivity (Wildman–Crippen MR) is 175 cm³/mol. The number of rotatable bonds is 12. The number of fused-ring (bicyclic) bond motifs is 1. The number of nitrogens with zero attached hydrogens (tertiary/aromatic N) is 4. The van der Waals surface area contributed by atoms with E-state index >= 15 is 0 Å². The number of ether oxygens (including phenoxy) is 3. The van der Waals surface area contributed by atoms with Gasteiger partial charge in [-0.05, 0) is 66.5 Å². The van der Waals surface area contributed by atoms with Gasteiger partial charge in [0.1, 0.15) is 34.9 Å². The Kier molecular flexibility index (Phi) is 10.6. The number of nitrogens with one attached hydrogen (secondary N) is 3. The first-order valence-corrected chi connectivity index (χ1v) is 16.0. The number of pyridine rings is 1. The summed E-state index contributed by atoms with van der Waals surface area (Å²) in [5.74, 6) is 2.02. The van der Waals surface area contributed by atoms with Crippen molar-refractivity contribution in [3.05, 3.63) is 34.7 Å². The normalized spacial score (nSPS) is 17.5. The minimum atomic E-state index is -0.298. The number of H-pyrrole nitrogens is 1. The van der Waals surface area contributed by atoms with Crippen LogP contribution in [0.5, 0.6) is 17.2 Å². The van der Waals surface area contributed by atoms with E-state index in [4.69, 9.17) is 24.2 Å². The number of piperidine rings is 2. The summed E-state index contributed by atoms with van der Waals surface area (Å²) in [6.07, 6.45) is 6.05. The molecule has 2 fully saturated rings. The van der Waals surface area contributed by atoms with Gasteiger partial charge >= 0.3 is 0 Å². The van der Waals surface area contributed by atoms with Crippen LogP contribution in [0.4, 0.5) is 5.69 Å². The van der Waals surface area contributed by atoms with Gasteiger partial charge in [-0.3, -0.25) is 4.79 Å². The average Bonchev–Trinajstić information content (AvgIpc) is 3.03. The highest BCUT2D eigenvalue weighted by Gasteiger charge is 2.24. The lowest BCUT2D eigenvalue weighted by Gasteiger charge is -2.35. The smallest absolute Gasteiger partial charge is 0.262 e. The number of benzene rings is 1. The van der Waals surface area contributed by atoms with E-state index in [9.17, 15) is 4.79 Å². The van der Waals surface area contributed by atoms with E-state index in [1.807, 2.05) is 6.07 Å². The zero-order valence-electron chi connectivity index (χ0n) is 27.1. The van der Waals surface area contributed by atoms with Crippen molar-refractivity contribution in [2.24, 2.45) is 0 Å². The Morgan fingerprint density at radius 3 is 2.18 bits per heavy atom. The first kappa shape index (κ1) is 32.0. The van der Waals surface area contributed by atoms with Crippen LogP contribution < -0.4 is 30.4 Å². The number of likely N-dealkylation sites (tertiary alicyclic amines) is 2. The summed E-state index contributed by atoms with van der Waals surface area (Å²) in [5.41, 5.74) is 1.54. The molecule has 0 unspecified atom stereocenters. The number of hydrogen-bond acceptors (Lipinski definition) is 10. The lowest BCUT2D eigenvalue weighted by atomic mass is 10.0. The standard InChI is InChI=1S/C33H49N7O4/c1-21(2)39-12-7-23(8-13-39)34-11-16-44-26-18-28(36-24-9-14-40(15-10-24)22(3)4)31(35-20-26)32-37-27-17-25(42-5)19-29(43-6)30(27)33(41)38-32/h17-24,34,36H,7-16H2,1-6H3,(H,37,38,41). The summed E-state index contributed by atoms with van der Waals surface area (Å²) in [7, 11) is 3.10. The lowest BCUT2D eigenvalue weighted by Crippen LogP contribution is -2.45. The van der Waals surface area contributed by atoms with Crippen LogP contribution in [0.2, 0.25) is 0 Å². The summed E-state index contributed by atoms with van der Waals surface area (Å²) in [6.45, 7) is 14.7. The topological polar surface area (TPSA) is 117 Å². The molecule has 0 bridgehead atoms. The second-order valence-electron chi connectivity index (χ2n) is 12.5. The third-order valence-corrected chi connectivity index (χ3v) is 8.97. The molecular formula is C33H49N7O4. The minimum absolute atomic E-state index is 0.270. The lowest BCUT2D eigenvalue weighted by molar-refractivity contribution is 0.158. The summed E-state index contributed by atoms with van der Waals surface area (Å²) < 4.78 is 17.1. The molecule has 5 rings (SSSR count). The number of methoxy groups -OCH3 is 2. The largest absolute Gasteiger partial charge is 0.497 e. The highest BCUT2D eigenvalue weighted by molar-refractivity contribution is 5.87. The molecule has 0 spiro atoms. The fraction of sp³-hybridized carbons (Fsp3) is 0.606. The Hall–Kier alpha value is -3.41. The zero-order chi connectivity index (χ0) is 31.2. The van der Waals surface area contributed by atoms with Crippen molar-refractivity contribution in [3.8, 4) is 28.8 Å². The number of aromatic amines is 1. The monoisotopic (exact) mass is 607 g/mol. The molecule has 2 aliphatic heterocycles. The van der Waals surface area contributed by atoms with E-state index < -0.39 is 0 Å². The molecule has 2 saturated heterocycles. The van der Waals surface area contributed by atoms with Crippen molar-refractivity contribution in [2.75, 3.05) is 58.9 Å². The van der Waals surface area contributed by atoms with Crippen molar-refractivity contribution >= 4 is 16.6 Å². The highest BCUT2D eigenvalue weighted by Crippen LogP contribution is 2.32. The van der Waals surface area contributed by atoms with Crippen molar-refractivity contribution in [3.63, 3.8) is 0 Å². The number of anilines is 1. The molecule has 1 aromatic carbocycles. The van der Waals surface area contributed by atoms with Gasteiger partial charge in [-0.15, -0.1) is 0 Å². The molecule has 0 atom stereocenters. The van der Waals surface area contributed by atoms with Crippen molar-refractivity contribution in [2.45, 2.75) is 77.5 Å². The number of hydrogen-bond donors (Lipinski definition) is 3. The molecule has 0 saturated carbocycles. The molecule has 11 heteroatoms. The van der Waals surface area contributed by atoms with Crippen molar-refractivity contribution < 1.29 is 14.2 Å². The summed E-state index contributed by atoms with van der Waals surface area (Å²) >= 11 is 0.